The second kappa shape index (κ2) is 10.1. The Balaban J connectivity index is 1.31. The second-order valence-corrected chi connectivity index (χ2v) is 8.57. The number of benzene rings is 2. The van der Waals surface area contributed by atoms with Gasteiger partial charge in [-0.3, -0.25) is 14.9 Å². The van der Waals surface area contributed by atoms with Crippen molar-refractivity contribution in [2.24, 2.45) is 0 Å². The predicted molar refractivity (Wildman–Crippen MR) is 126 cm³/mol. The van der Waals surface area contributed by atoms with Crippen LogP contribution in [0.1, 0.15) is 6.42 Å². The molecule has 4 rings (SSSR count). The van der Waals surface area contributed by atoms with Gasteiger partial charge in [0.05, 0.1) is 21.3 Å². The molecule has 160 valence electrons. The van der Waals surface area contributed by atoms with Gasteiger partial charge in [0.15, 0.2) is 5.13 Å². The first kappa shape index (κ1) is 21.6. The van der Waals surface area contributed by atoms with E-state index in [1.807, 2.05) is 36.4 Å². The van der Waals surface area contributed by atoms with Crippen molar-refractivity contribution in [2.75, 3.05) is 11.1 Å². The van der Waals surface area contributed by atoms with Crippen LogP contribution in [0.25, 0.3) is 22.5 Å². The molecule has 8 nitrogen and oxygen atoms in total. The van der Waals surface area contributed by atoms with E-state index in [-0.39, 0.29) is 11.6 Å². The standard InChI is InChI=1S/C22H17N5O3S2/c28-20(9-10-31-21-12-18(23-14-24-21)15-5-2-1-3-6-15)26-22-25-19(13-32-22)16-7-4-8-17(11-16)27(29)30/h1-8,11-14H,9-10H2,(H,25,26,28). The summed E-state index contributed by atoms with van der Waals surface area (Å²) in [5.74, 6) is 0.398. The number of non-ortho nitro benzene ring substituents is 1. The summed E-state index contributed by atoms with van der Waals surface area (Å²) in [6, 6.07) is 18.0. The first-order valence-corrected chi connectivity index (χ1v) is 11.5. The molecule has 1 N–H and O–H groups in total. The number of aromatic nitrogens is 3. The normalized spacial score (nSPS) is 10.6. The summed E-state index contributed by atoms with van der Waals surface area (Å²) in [4.78, 5) is 35.7. The van der Waals surface area contributed by atoms with Crippen LogP contribution < -0.4 is 5.32 Å². The van der Waals surface area contributed by atoms with Crippen molar-refractivity contribution in [3.63, 3.8) is 0 Å². The number of carbonyl (C=O) groups excluding carboxylic acids is 1. The minimum absolute atomic E-state index is 0.00162. The molecule has 0 fully saturated rings. The highest BCUT2D eigenvalue weighted by Crippen LogP contribution is 2.28. The van der Waals surface area contributed by atoms with Gasteiger partial charge in [0.1, 0.15) is 6.33 Å². The third-order valence-corrected chi connectivity index (χ3v) is 6.08. The second-order valence-electron chi connectivity index (χ2n) is 6.60. The van der Waals surface area contributed by atoms with Crippen LogP contribution in [-0.4, -0.2) is 31.5 Å². The van der Waals surface area contributed by atoms with Gasteiger partial charge >= 0.3 is 0 Å². The Kier molecular flexibility index (Phi) is 6.83. The van der Waals surface area contributed by atoms with E-state index < -0.39 is 4.92 Å². The highest BCUT2D eigenvalue weighted by atomic mass is 32.2. The van der Waals surface area contributed by atoms with E-state index in [0.717, 1.165) is 16.3 Å². The summed E-state index contributed by atoms with van der Waals surface area (Å²) in [5.41, 5.74) is 3.06. The average molecular weight is 464 g/mol. The van der Waals surface area contributed by atoms with Crippen LogP contribution in [0, 0.1) is 10.1 Å². The molecular formula is C22H17N5O3S2. The number of nitrogens with zero attached hydrogens (tertiary/aromatic N) is 4. The van der Waals surface area contributed by atoms with Gasteiger partial charge in [-0.1, -0.05) is 42.5 Å². The fourth-order valence-corrected chi connectivity index (χ4v) is 4.41. The minimum atomic E-state index is -0.448. The van der Waals surface area contributed by atoms with Gasteiger partial charge in [-0.05, 0) is 6.07 Å². The topological polar surface area (TPSA) is 111 Å². The molecule has 0 aliphatic heterocycles. The van der Waals surface area contributed by atoms with Crippen LogP contribution in [0.2, 0.25) is 0 Å². The van der Waals surface area contributed by atoms with E-state index >= 15 is 0 Å². The molecule has 0 unspecified atom stereocenters. The third-order valence-electron chi connectivity index (χ3n) is 4.39. The molecule has 0 saturated carbocycles. The molecule has 0 aliphatic rings. The van der Waals surface area contributed by atoms with Gasteiger partial charge in [0, 0.05) is 40.8 Å². The Morgan fingerprint density at radius 3 is 2.66 bits per heavy atom. The van der Waals surface area contributed by atoms with Crippen LogP contribution in [0.5, 0.6) is 0 Å². The zero-order valence-electron chi connectivity index (χ0n) is 16.7. The molecule has 0 spiro atoms. The lowest BCUT2D eigenvalue weighted by molar-refractivity contribution is -0.384. The molecule has 2 heterocycles. The summed E-state index contributed by atoms with van der Waals surface area (Å²) < 4.78 is 0. The highest BCUT2D eigenvalue weighted by molar-refractivity contribution is 7.99. The molecular weight excluding hydrogens is 446 g/mol. The van der Waals surface area contributed by atoms with E-state index in [0.29, 0.717) is 28.6 Å². The lowest BCUT2D eigenvalue weighted by atomic mass is 10.1. The summed E-state index contributed by atoms with van der Waals surface area (Å²) in [5, 5.41) is 16.7. The van der Waals surface area contributed by atoms with Crippen molar-refractivity contribution in [1.82, 2.24) is 15.0 Å². The van der Waals surface area contributed by atoms with Crippen LogP contribution in [-0.2, 0) is 4.79 Å². The zero-order chi connectivity index (χ0) is 22.3. The fourth-order valence-electron chi connectivity index (χ4n) is 2.86. The molecule has 2 aromatic heterocycles. The highest BCUT2D eigenvalue weighted by Gasteiger charge is 2.12. The number of hydrogen-bond donors (Lipinski definition) is 1. The van der Waals surface area contributed by atoms with Crippen molar-refractivity contribution < 1.29 is 9.72 Å². The van der Waals surface area contributed by atoms with Crippen LogP contribution in [0.15, 0.2) is 77.4 Å². The number of thiazole rings is 1. The minimum Gasteiger partial charge on any atom is -0.302 e. The quantitative estimate of drug-likeness (QED) is 0.163. The number of amides is 1. The summed E-state index contributed by atoms with van der Waals surface area (Å²) in [6.07, 6.45) is 1.82. The lowest BCUT2D eigenvalue weighted by Gasteiger charge is -2.04. The monoisotopic (exact) mass is 463 g/mol. The maximum atomic E-state index is 12.3. The van der Waals surface area contributed by atoms with Crippen molar-refractivity contribution >= 4 is 39.8 Å². The van der Waals surface area contributed by atoms with E-state index in [2.05, 4.69) is 20.3 Å². The SMILES string of the molecule is O=C(CCSc1cc(-c2ccccc2)ncn1)Nc1nc(-c2cccc([N+](=O)[O-])c2)cs1. The fraction of sp³-hybridized carbons (Fsp3) is 0.0909. The number of rotatable bonds is 8. The average Bonchev–Trinajstić information content (AvgIpc) is 3.28. The third kappa shape index (κ3) is 5.54. The van der Waals surface area contributed by atoms with Crippen molar-refractivity contribution in [2.45, 2.75) is 11.4 Å². The van der Waals surface area contributed by atoms with Crippen LogP contribution in [0.3, 0.4) is 0 Å². The molecule has 32 heavy (non-hydrogen) atoms. The number of nitrogens with one attached hydrogen (secondary N) is 1. The Morgan fingerprint density at radius 1 is 1.03 bits per heavy atom. The maximum Gasteiger partial charge on any atom is 0.270 e. The van der Waals surface area contributed by atoms with E-state index in [4.69, 9.17) is 0 Å². The Hall–Kier alpha value is -3.63. The van der Waals surface area contributed by atoms with Crippen LogP contribution >= 0.6 is 23.1 Å². The molecule has 1 amide bonds. The number of thioether (sulfide) groups is 1. The first-order valence-electron chi connectivity index (χ1n) is 9.59. The van der Waals surface area contributed by atoms with Crippen molar-refractivity contribution in [3.8, 4) is 22.5 Å². The smallest absolute Gasteiger partial charge is 0.270 e. The predicted octanol–water partition coefficient (Wildman–Crippen LogP) is 5.30. The van der Waals surface area contributed by atoms with Gasteiger partial charge < -0.3 is 5.32 Å². The largest absolute Gasteiger partial charge is 0.302 e. The summed E-state index contributed by atoms with van der Waals surface area (Å²) in [6.45, 7) is 0. The molecule has 0 saturated heterocycles. The summed E-state index contributed by atoms with van der Waals surface area (Å²) >= 11 is 2.76. The zero-order valence-corrected chi connectivity index (χ0v) is 18.3. The number of nitro groups is 1. The molecule has 4 aromatic rings. The Bertz CT molecular complexity index is 1250. The Morgan fingerprint density at radius 2 is 1.84 bits per heavy atom. The van der Waals surface area contributed by atoms with E-state index in [1.54, 1.807) is 17.5 Å². The van der Waals surface area contributed by atoms with Gasteiger partial charge in [0.25, 0.3) is 5.69 Å². The van der Waals surface area contributed by atoms with Crippen molar-refractivity contribution in [1.29, 1.82) is 0 Å². The molecule has 0 aliphatic carbocycles. The number of nitro benzene ring substituents is 1. The van der Waals surface area contributed by atoms with E-state index in [1.165, 1.54) is 41.6 Å². The van der Waals surface area contributed by atoms with E-state index in [9.17, 15) is 14.9 Å². The lowest BCUT2D eigenvalue weighted by Crippen LogP contribution is -2.12. The molecule has 0 radical (unpaired) electrons. The molecule has 0 atom stereocenters. The van der Waals surface area contributed by atoms with Gasteiger partial charge in [-0.15, -0.1) is 23.1 Å². The maximum absolute atomic E-state index is 12.3. The molecule has 2 aromatic carbocycles. The number of hydrogen-bond acceptors (Lipinski definition) is 8. The number of carbonyl (C=O) groups is 1. The van der Waals surface area contributed by atoms with Gasteiger partial charge in [-0.25, -0.2) is 15.0 Å². The molecule has 0 bridgehead atoms. The number of anilines is 1. The van der Waals surface area contributed by atoms with Crippen LogP contribution in [0.4, 0.5) is 10.8 Å². The van der Waals surface area contributed by atoms with Crippen molar-refractivity contribution in [3.05, 3.63) is 82.5 Å². The van der Waals surface area contributed by atoms with Gasteiger partial charge in [-0.2, -0.15) is 0 Å². The summed E-state index contributed by atoms with van der Waals surface area (Å²) in [7, 11) is 0. The molecule has 10 heteroatoms. The first-order chi connectivity index (χ1) is 15.6. The van der Waals surface area contributed by atoms with Gasteiger partial charge in [0.2, 0.25) is 5.91 Å². The Labute approximate surface area is 191 Å².